The topological polar surface area (TPSA) is 75.4 Å². The number of hydrogen-bond acceptors (Lipinski definition) is 3. The van der Waals surface area contributed by atoms with Gasteiger partial charge in [-0.25, -0.2) is 0 Å². The van der Waals surface area contributed by atoms with Gasteiger partial charge in [0.05, 0.1) is 12.5 Å². The SMILES string of the molecule is NC1C2CCC(C2)C1C(=O)N1CCCNC(=O)C1. The van der Waals surface area contributed by atoms with Crippen LogP contribution in [0, 0.1) is 17.8 Å². The van der Waals surface area contributed by atoms with Crippen LogP contribution < -0.4 is 11.1 Å². The van der Waals surface area contributed by atoms with Crippen molar-refractivity contribution < 1.29 is 9.59 Å². The van der Waals surface area contributed by atoms with Crippen LogP contribution in [0.3, 0.4) is 0 Å². The van der Waals surface area contributed by atoms with Gasteiger partial charge < -0.3 is 16.0 Å². The third-order valence-corrected chi connectivity index (χ3v) is 4.84. The second-order valence-electron chi connectivity index (χ2n) is 5.90. The zero-order chi connectivity index (χ0) is 12.7. The molecule has 3 rings (SSSR count). The molecule has 5 heteroatoms. The van der Waals surface area contributed by atoms with E-state index in [1.165, 1.54) is 6.42 Å². The molecule has 0 aromatic rings. The fourth-order valence-electron chi connectivity index (χ4n) is 3.91. The zero-order valence-electron chi connectivity index (χ0n) is 10.6. The lowest BCUT2D eigenvalue weighted by atomic mass is 9.84. The summed E-state index contributed by atoms with van der Waals surface area (Å²) in [4.78, 5) is 25.8. The third kappa shape index (κ3) is 1.90. The van der Waals surface area contributed by atoms with Gasteiger partial charge >= 0.3 is 0 Å². The molecule has 0 aromatic heterocycles. The lowest BCUT2D eigenvalue weighted by molar-refractivity contribution is -0.140. The van der Waals surface area contributed by atoms with Crippen molar-refractivity contribution in [3.8, 4) is 0 Å². The molecule has 2 saturated carbocycles. The van der Waals surface area contributed by atoms with E-state index in [-0.39, 0.29) is 30.3 Å². The Hall–Kier alpha value is -1.10. The minimum Gasteiger partial charge on any atom is -0.354 e. The van der Waals surface area contributed by atoms with Crippen molar-refractivity contribution in [3.05, 3.63) is 0 Å². The summed E-state index contributed by atoms with van der Waals surface area (Å²) in [5.74, 6) is 1.03. The Morgan fingerprint density at radius 3 is 2.83 bits per heavy atom. The zero-order valence-corrected chi connectivity index (χ0v) is 10.6. The summed E-state index contributed by atoms with van der Waals surface area (Å²) in [5, 5.41) is 2.80. The highest BCUT2D eigenvalue weighted by Gasteiger charge is 2.50. The number of nitrogens with zero attached hydrogens (tertiary/aromatic N) is 1. The summed E-state index contributed by atoms with van der Waals surface area (Å²) in [6, 6.07) is 0.0163. The first kappa shape index (κ1) is 12.0. The molecule has 3 N–H and O–H groups in total. The van der Waals surface area contributed by atoms with E-state index < -0.39 is 0 Å². The van der Waals surface area contributed by atoms with E-state index in [1.807, 2.05) is 0 Å². The number of nitrogens with two attached hydrogens (primary N) is 1. The van der Waals surface area contributed by atoms with Gasteiger partial charge in [-0.05, 0) is 37.5 Å². The average Bonchev–Trinajstić information content (AvgIpc) is 2.85. The van der Waals surface area contributed by atoms with Gasteiger partial charge in [0.15, 0.2) is 0 Å². The first-order valence-corrected chi connectivity index (χ1v) is 6.98. The first-order valence-electron chi connectivity index (χ1n) is 6.98. The van der Waals surface area contributed by atoms with Crippen molar-refractivity contribution in [2.75, 3.05) is 19.6 Å². The Balaban J connectivity index is 1.72. The molecule has 0 spiro atoms. The molecule has 4 atom stereocenters. The fourth-order valence-corrected chi connectivity index (χ4v) is 3.91. The Bertz CT molecular complexity index is 369. The van der Waals surface area contributed by atoms with Crippen LogP contribution in [0.4, 0.5) is 0 Å². The second kappa shape index (κ2) is 4.53. The van der Waals surface area contributed by atoms with E-state index in [0.29, 0.717) is 24.9 Å². The highest BCUT2D eigenvalue weighted by atomic mass is 16.2. The van der Waals surface area contributed by atoms with Crippen LogP contribution in [0.2, 0.25) is 0 Å². The molecule has 100 valence electrons. The van der Waals surface area contributed by atoms with Crippen LogP contribution in [0.15, 0.2) is 0 Å². The highest BCUT2D eigenvalue weighted by molar-refractivity contribution is 5.87. The van der Waals surface area contributed by atoms with Crippen molar-refractivity contribution in [1.29, 1.82) is 0 Å². The van der Waals surface area contributed by atoms with Gasteiger partial charge in [-0.15, -0.1) is 0 Å². The molecule has 18 heavy (non-hydrogen) atoms. The average molecular weight is 251 g/mol. The molecule has 1 heterocycles. The summed E-state index contributed by atoms with van der Waals surface area (Å²) < 4.78 is 0. The molecule has 5 nitrogen and oxygen atoms in total. The fraction of sp³-hybridized carbons (Fsp3) is 0.846. The van der Waals surface area contributed by atoms with E-state index in [9.17, 15) is 9.59 Å². The molecular formula is C13H21N3O2. The number of carbonyl (C=O) groups is 2. The molecule has 0 radical (unpaired) electrons. The minimum atomic E-state index is -0.0439. The van der Waals surface area contributed by atoms with Crippen LogP contribution in [0.1, 0.15) is 25.7 Å². The van der Waals surface area contributed by atoms with Crippen LogP contribution in [0.25, 0.3) is 0 Å². The number of hydrogen-bond donors (Lipinski definition) is 2. The number of fused-ring (bicyclic) bond motifs is 2. The Kier molecular flexibility index (Phi) is 3.01. The smallest absolute Gasteiger partial charge is 0.239 e. The molecule has 3 aliphatic rings. The van der Waals surface area contributed by atoms with Crippen molar-refractivity contribution >= 4 is 11.8 Å². The molecule has 3 fully saturated rings. The minimum absolute atomic E-state index is 0.0163. The molecule has 2 bridgehead atoms. The van der Waals surface area contributed by atoms with Gasteiger partial charge in [0.2, 0.25) is 11.8 Å². The Morgan fingerprint density at radius 1 is 1.33 bits per heavy atom. The van der Waals surface area contributed by atoms with E-state index in [2.05, 4.69) is 5.32 Å². The van der Waals surface area contributed by atoms with Gasteiger partial charge in [0, 0.05) is 19.1 Å². The monoisotopic (exact) mass is 251 g/mol. The maximum Gasteiger partial charge on any atom is 0.239 e. The van der Waals surface area contributed by atoms with Gasteiger partial charge in [-0.2, -0.15) is 0 Å². The number of carbonyl (C=O) groups excluding carboxylic acids is 2. The molecule has 4 unspecified atom stereocenters. The summed E-state index contributed by atoms with van der Waals surface area (Å²) in [6.07, 6.45) is 4.26. The molecule has 1 aliphatic heterocycles. The third-order valence-electron chi connectivity index (χ3n) is 4.84. The molecule has 2 amide bonds. The van der Waals surface area contributed by atoms with E-state index >= 15 is 0 Å². The summed E-state index contributed by atoms with van der Waals surface area (Å²) in [6.45, 7) is 1.56. The van der Waals surface area contributed by atoms with Crippen LogP contribution in [-0.2, 0) is 9.59 Å². The number of nitrogens with one attached hydrogen (secondary N) is 1. The van der Waals surface area contributed by atoms with Crippen molar-refractivity contribution in [1.82, 2.24) is 10.2 Å². The number of amides is 2. The Labute approximate surface area is 107 Å². The Morgan fingerprint density at radius 2 is 2.11 bits per heavy atom. The predicted molar refractivity (Wildman–Crippen MR) is 66.5 cm³/mol. The van der Waals surface area contributed by atoms with Gasteiger partial charge in [0.1, 0.15) is 0 Å². The normalized spacial score (nSPS) is 39.6. The largest absolute Gasteiger partial charge is 0.354 e. The van der Waals surface area contributed by atoms with Gasteiger partial charge in [-0.1, -0.05) is 0 Å². The lowest BCUT2D eigenvalue weighted by Gasteiger charge is -2.31. The summed E-state index contributed by atoms with van der Waals surface area (Å²) >= 11 is 0. The lowest BCUT2D eigenvalue weighted by Crippen LogP contribution is -2.48. The number of rotatable bonds is 1. The molecule has 1 saturated heterocycles. The summed E-state index contributed by atoms with van der Waals surface area (Å²) in [5.41, 5.74) is 6.20. The molecule has 0 aromatic carbocycles. The standard InChI is InChI=1S/C13H21N3O2/c14-12-9-3-2-8(6-9)11(12)13(18)16-5-1-4-15-10(17)7-16/h8-9,11-12H,1-7,14H2,(H,15,17). The van der Waals surface area contributed by atoms with Crippen LogP contribution in [-0.4, -0.2) is 42.4 Å². The van der Waals surface area contributed by atoms with E-state index in [4.69, 9.17) is 5.73 Å². The van der Waals surface area contributed by atoms with Crippen molar-refractivity contribution in [2.45, 2.75) is 31.7 Å². The van der Waals surface area contributed by atoms with Crippen molar-refractivity contribution in [3.63, 3.8) is 0 Å². The van der Waals surface area contributed by atoms with Gasteiger partial charge in [0.25, 0.3) is 0 Å². The second-order valence-corrected chi connectivity index (χ2v) is 5.90. The maximum absolute atomic E-state index is 12.6. The molecular weight excluding hydrogens is 230 g/mol. The van der Waals surface area contributed by atoms with E-state index in [1.54, 1.807) is 4.90 Å². The first-order chi connectivity index (χ1) is 8.66. The van der Waals surface area contributed by atoms with Crippen molar-refractivity contribution in [2.24, 2.45) is 23.5 Å². The van der Waals surface area contributed by atoms with Crippen LogP contribution >= 0.6 is 0 Å². The van der Waals surface area contributed by atoms with Gasteiger partial charge in [-0.3, -0.25) is 9.59 Å². The predicted octanol–water partition coefficient (Wildman–Crippen LogP) is -0.292. The quantitative estimate of drug-likeness (QED) is 0.672. The molecule has 2 aliphatic carbocycles. The van der Waals surface area contributed by atoms with Crippen LogP contribution in [0.5, 0.6) is 0 Å². The maximum atomic E-state index is 12.6. The summed E-state index contributed by atoms with van der Waals surface area (Å²) in [7, 11) is 0. The van der Waals surface area contributed by atoms with E-state index in [0.717, 1.165) is 19.3 Å². The highest BCUT2D eigenvalue weighted by Crippen LogP contribution is 2.48.